The Kier molecular flexibility index (Phi) is 4.59. The van der Waals surface area contributed by atoms with Crippen LogP contribution in [0.25, 0.3) is 0 Å². The van der Waals surface area contributed by atoms with Crippen LogP contribution in [0.15, 0.2) is 18.2 Å². The van der Waals surface area contributed by atoms with Gasteiger partial charge in [-0.2, -0.15) is 0 Å². The van der Waals surface area contributed by atoms with E-state index in [-0.39, 0.29) is 0 Å². The predicted octanol–water partition coefficient (Wildman–Crippen LogP) is 3.56. The summed E-state index contributed by atoms with van der Waals surface area (Å²) >= 11 is 0. The van der Waals surface area contributed by atoms with Crippen molar-refractivity contribution in [2.75, 3.05) is 19.1 Å². The van der Waals surface area contributed by atoms with Crippen LogP contribution in [0.3, 0.4) is 0 Å². The highest BCUT2D eigenvalue weighted by Gasteiger charge is 2.29. The molecule has 1 fully saturated rings. The van der Waals surface area contributed by atoms with Crippen LogP contribution in [0.5, 0.6) is 5.75 Å². The monoisotopic (exact) mass is 276 g/mol. The number of rotatable bonds is 4. The van der Waals surface area contributed by atoms with E-state index in [1.54, 1.807) is 7.11 Å². The lowest BCUT2D eigenvalue weighted by molar-refractivity contribution is 0.222. The molecule has 2 N–H and O–H groups in total. The fraction of sp³-hybridized carbons (Fsp3) is 0.647. The third-order valence-corrected chi connectivity index (χ3v) is 4.75. The lowest BCUT2D eigenvalue weighted by Gasteiger charge is -2.40. The molecule has 0 aromatic heterocycles. The van der Waals surface area contributed by atoms with E-state index in [0.717, 1.165) is 5.75 Å². The van der Waals surface area contributed by atoms with Gasteiger partial charge in [0.25, 0.3) is 0 Å². The van der Waals surface area contributed by atoms with Gasteiger partial charge in [-0.3, -0.25) is 0 Å². The van der Waals surface area contributed by atoms with Crippen LogP contribution in [0, 0.1) is 5.41 Å². The van der Waals surface area contributed by atoms with E-state index in [0.29, 0.717) is 18.0 Å². The van der Waals surface area contributed by atoms with Crippen molar-refractivity contribution in [3.63, 3.8) is 0 Å². The predicted molar refractivity (Wildman–Crippen MR) is 85.3 cm³/mol. The summed E-state index contributed by atoms with van der Waals surface area (Å²) in [4.78, 5) is 2.40. The van der Waals surface area contributed by atoms with Gasteiger partial charge in [0.1, 0.15) is 5.75 Å². The fourth-order valence-corrected chi connectivity index (χ4v) is 3.14. The number of anilines is 1. The lowest BCUT2D eigenvalue weighted by Crippen LogP contribution is -2.37. The Bertz CT molecular complexity index is 446. The van der Waals surface area contributed by atoms with Gasteiger partial charge in [0, 0.05) is 31.4 Å². The van der Waals surface area contributed by atoms with E-state index < -0.39 is 0 Å². The maximum absolute atomic E-state index is 5.89. The molecule has 0 unspecified atom stereocenters. The number of methoxy groups -OCH3 is 1. The number of hydrogen-bond donors (Lipinski definition) is 1. The minimum Gasteiger partial charge on any atom is -0.497 e. The Labute approximate surface area is 123 Å². The van der Waals surface area contributed by atoms with E-state index >= 15 is 0 Å². The van der Waals surface area contributed by atoms with E-state index in [4.69, 9.17) is 10.5 Å². The Balaban J connectivity index is 2.18. The Hall–Kier alpha value is -1.22. The van der Waals surface area contributed by atoms with E-state index in [1.807, 2.05) is 6.07 Å². The van der Waals surface area contributed by atoms with Gasteiger partial charge >= 0.3 is 0 Å². The van der Waals surface area contributed by atoms with Crippen molar-refractivity contribution < 1.29 is 4.74 Å². The second kappa shape index (κ2) is 6.04. The Morgan fingerprint density at radius 2 is 1.95 bits per heavy atom. The summed E-state index contributed by atoms with van der Waals surface area (Å²) in [5.41, 5.74) is 8.80. The number of nitrogens with zero attached hydrogens (tertiary/aromatic N) is 1. The highest BCUT2D eigenvalue weighted by molar-refractivity contribution is 5.57. The first kappa shape index (κ1) is 15.2. The maximum Gasteiger partial charge on any atom is 0.120 e. The van der Waals surface area contributed by atoms with Crippen LogP contribution in [-0.4, -0.2) is 20.2 Å². The molecule has 1 aliphatic rings. The van der Waals surface area contributed by atoms with E-state index in [1.165, 1.54) is 36.9 Å². The molecule has 0 atom stereocenters. The summed E-state index contributed by atoms with van der Waals surface area (Å²) < 4.78 is 5.36. The minimum atomic E-state index is 0.502. The van der Waals surface area contributed by atoms with Crippen molar-refractivity contribution in [3.05, 3.63) is 23.8 Å². The zero-order valence-electron chi connectivity index (χ0n) is 13.3. The molecule has 3 heteroatoms. The Morgan fingerprint density at radius 3 is 2.50 bits per heavy atom. The molecule has 1 aliphatic carbocycles. The summed E-state index contributed by atoms with van der Waals surface area (Å²) in [5, 5.41) is 0. The van der Waals surface area contributed by atoms with Gasteiger partial charge in [0.15, 0.2) is 0 Å². The van der Waals surface area contributed by atoms with Crippen LogP contribution in [-0.2, 0) is 6.54 Å². The molecule has 0 radical (unpaired) electrons. The first-order chi connectivity index (χ1) is 9.46. The zero-order valence-corrected chi connectivity index (χ0v) is 13.3. The fourth-order valence-electron chi connectivity index (χ4n) is 3.14. The molecule has 0 heterocycles. The molecule has 0 aliphatic heterocycles. The first-order valence-electron chi connectivity index (χ1n) is 7.56. The van der Waals surface area contributed by atoms with Crippen molar-refractivity contribution in [1.82, 2.24) is 0 Å². The topological polar surface area (TPSA) is 38.5 Å². The van der Waals surface area contributed by atoms with E-state index in [9.17, 15) is 0 Å². The molecule has 2 rings (SSSR count). The van der Waals surface area contributed by atoms with Gasteiger partial charge in [0.2, 0.25) is 0 Å². The second-order valence-corrected chi connectivity index (χ2v) is 6.71. The van der Waals surface area contributed by atoms with Gasteiger partial charge in [-0.25, -0.2) is 0 Å². The van der Waals surface area contributed by atoms with Crippen LogP contribution < -0.4 is 15.4 Å². The van der Waals surface area contributed by atoms with Crippen LogP contribution >= 0.6 is 0 Å². The molecule has 1 saturated carbocycles. The lowest BCUT2D eigenvalue weighted by atomic mass is 9.75. The number of hydrogen-bond acceptors (Lipinski definition) is 3. The highest BCUT2D eigenvalue weighted by Crippen LogP contribution is 2.38. The quantitative estimate of drug-likeness (QED) is 0.914. The summed E-state index contributed by atoms with van der Waals surface area (Å²) in [7, 11) is 3.90. The molecular formula is C17H28N2O. The van der Waals surface area contributed by atoms with Crippen molar-refractivity contribution in [2.24, 2.45) is 11.1 Å². The third kappa shape index (κ3) is 3.26. The van der Waals surface area contributed by atoms with Gasteiger partial charge in [-0.1, -0.05) is 19.9 Å². The Morgan fingerprint density at radius 1 is 1.30 bits per heavy atom. The maximum atomic E-state index is 5.89. The van der Waals surface area contributed by atoms with Crippen LogP contribution in [0.4, 0.5) is 5.69 Å². The highest BCUT2D eigenvalue weighted by atomic mass is 16.5. The average Bonchev–Trinajstić information content (AvgIpc) is 2.45. The van der Waals surface area contributed by atoms with Gasteiger partial charge in [-0.15, -0.1) is 0 Å². The summed E-state index contributed by atoms with van der Waals surface area (Å²) in [6, 6.07) is 6.79. The molecule has 20 heavy (non-hydrogen) atoms. The number of benzene rings is 1. The first-order valence-corrected chi connectivity index (χ1v) is 7.56. The molecule has 1 aromatic carbocycles. The zero-order chi connectivity index (χ0) is 14.8. The van der Waals surface area contributed by atoms with Crippen molar-refractivity contribution in [3.8, 4) is 5.75 Å². The van der Waals surface area contributed by atoms with Crippen molar-refractivity contribution in [2.45, 2.75) is 52.1 Å². The smallest absolute Gasteiger partial charge is 0.120 e. The summed E-state index contributed by atoms with van der Waals surface area (Å²) in [6.07, 6.45) is 5.10. The van der Waals surface area contributed by atoms with Crippen LogP contribution in [0.2, 0.25) is 0 Å². The molecule has 0 bridgehead atoms. The number of ether oxygens (including phenoxy) is 1. The average molecular weight is 276 g/mol. The molecule has 0 saturated heterocycles. The van der Waals surface area contributed by atoms with E-state index in [2.05, 4.69) is 37.9 Å². The van der Waals surface area contributed by atoms with Gasteiger partial charge in [-0.05, 0) is 42.7 Å². The third-order valence-electron chi connectivity index (χ3n) is 4.75. The summed E-state index contributed by atoms with van der Waals surface area (Å²) in [5.74, 6) is 0.903. The van der Waals surface area contributed by atoms with Crippen molar-refractivity contribution >= 4 is 5.69 Å². The molecule has 0 spiro atoms. The largest absolute Gasteiger partial charge is 0.497 e. The van der Waals surface area contributed by atoms with Crippen molar-refractivity contribution in [1.29, 1.82) is 0 Å². The molecule has 112 valence electrons. The van der Waals surface area contributed by atoms with Gasteiger partial charge in [0.05, 0.1) is 7.11 Å². The van der Waals surface area contributed by atoms with Crippen LogP contribution in [0.1, 0.15) is 45.1 Å². The second-order valence-electron chi connectivity index (χ2n) is 6.71. The molecule has 3 nitrogen and oxygen atoms in total. The molecular weight excluding hydrogens is 248 g/mol. The number of nitrogens with two attached hydrogens (primary N) is 1. The standard InChI is InChI=1S/C17H28N2O/c1-17(2)9-7-14(8-10-17)19(3)16-11-15(20-4)6-5-13(16)12-18/h5-6,11,14H,7-10,12,18H2,1-4H3. The minimum absolute atomic E-state index is 0.502. The summed E-state index contributed by atoms with van der Waals surface area (Å²) in [6.45, 7) is 5.32. The van der Waals surface area contributed by atoms with Gasteiger partial charge < -0.3 is 15.4 Å². The molecule has 0 amide bonds. The SMILES string of the molecule is COc1ccc(CN)c(N(C)C2CCC(C)(C)CC2)c1. The normalized spacial score (nSPS) is 18.9. The molecule has 1 aromatic rings.